The maximum absolute atomic E-state index is 12.2. The van der Waals surface area contributed by atoms with Gasteiger partial charge in [0.15, 0.2) is 0 Å². The lowest BCUT2D eigenvalue weighted by Gasteiger charge is -2.05. The summed E-state index contributed by atoms with van der Waals surface area (Å²) in [6.07, 6.45) is 5.17. The highest BCUT2D eigenvalue weighted by atomic mass is 16.5. The van der Waals surface area contributed by atoms with Gasteiger partial charge < -0.3 is 19.0 Å². The number of hydrogen-bond acceptors (Lipinski definition) is 6. The number of carbonyl (C=O) groups is 2. The number of H-pyrrole nitrogens is 1. The van der Waals surface area contributed by atoms with Crippen molar-refractivity contribution in [2.24, 2.45) is 7.05 Å². The van der Waals surface area contributed by atoms with E-state index in [1.54, 1.807) is 0 Å². The summed E-state index contributed by atoms with van der Waals surface area (Å²) in [6.45, 7) is 16.4. The summed E-state index contributed by atoms with van der Waals surface area (Å²) in [5.41, 5.74) is 15.1. The van der Waals surface area contributed by atoms with Crippen LogP contribution in [0.3, 0.4) is 0 Å². The maximum atomic E-state index is 12.2. The lowest BCUT2D eigenvalue weighted by molar-refractivity contribution is -0.141. The third-order valence-electron chi connectivity index (χ3n) is 9.06. The van der Waals surface area contributed by atoms with Crippen LogP contribution in [0.5, 0.6) is 0 Å². The Balaban J connectivity index is 1.95. The van der Waals surface area contributed by atoms with Crippen molar-refractivity contribution in [1.29, 1.82) is 0 Å². The largest absolute Gasteiger partial charge is 0.469 e. The molecule has 3 aromatic heterocycles. The van der Waals surface area contributed by atoms with E-state index in [0.29, 0.717) is 12.8 Å². The van der Waals surface area contributed by atoms with Crippen LogP contribution in [0.25, 0.3) is 50.4 Å². The molecule has 45 heavy (non-hydrogen) atoms. The van der Waals surface area contributed by atoms with E-state index in [2.05, 4.69) is 67.7 Å². The number of nitrogens with zero attached hydrogens (tertiary/aromatic N) is 3. The Morgan fingerprint density at radius 3 is 2.02 bits per heavy atom. The van der Waals surface area contributed by atoms with Crippen LogP contribution in [0.15, 0.2) is 43.5 Å². The van der Waals surface area contributed by atoms with E-state index >= 15 is 0 Å². The second-order valence-electron chi connectivity index (χ2n) is 11.5. The molecule has 0 atom stereocenters. The summed E-state index contributed by atoms with van der Waals surface area (Å²) in [5, 5.41) is 0. The highest BCUT2D eigenvalue weighted by Gasteiger charge is 2.22. The first kappa shape index (κ1) is 31.4. The Hall–Kier alpha value is -4.98. The van der Waals surface area contributed by atoms with Crippen molar-refractivity contribution in [3.8, 4) is 0 Å². The van der Waals surface area contributed by atoms with Gasteiger partial charge in [0.25, 0.3) is 0 Å². The Morgan fingerprint density at radius 1 is 0.778 bits per heavy atom. The highest BCUT2D eigenvalue weighted by molar-refractivity contribution is 5.98. The molecule has 0 aromatic carbocycles. The number of aryl methyl sites for hydroxylation is 4. The minimum absolute atomic E-state index is 0.236. The molecular weight excluding hydrogens is 564 g/mol. The molecule has 3 aromatic rings. The fraction of sp³-hybridized carbons (Fsp3) is 0.297. The third-order valence-corrected chi connectivity index (χ3v) is 9.06. The molecule has 0 fully saturated rings. The lowest BCUT2D eigenvalue weighted by Crippen LogP contribution is -2.02. The van der Waals surface area contributed by atoms with Crippen LogP contribution in [-0.4, -0.2) is 45.7 Å². The van der Waals surface area contributed by atoms with Gasteiger partial charge in [0.05, 0.1) is 37.0 Å². The molecule has 0 saturated heterocycles. The maximum Gasteiger partial charge on any atom is 0.305 e. The molecule has 232 valence electrons. The van der Waals surface area contributed by atoms with Crippen LogP contribution in [0.2, 0.25) is 0 Å². The number of allylic oxidation sites excluding steroid dienone is 5. The number of hydrogen-bond donors (Lipinski definition) is 1. The van der Waals surface area contributed by atoms with Crippen molar-refractivity contribution in [3.63, 3.8) is 0 Å². The monoisotopic (exact) mass is 604 g/mol. The smallest absolute Gasteiger partial charge is 0.305 e. The number of aromatic nitrogens is 4. The molecule has 0 unspecified atom stereocenters. The number of methoxy groups -OCH3 is 2. The van der Waals surface area contributed by atoms with Gasteiger partial charge in [-0.1, -0.05) is 25.3 Å². The van der Waals surface area contributed by atoms with Gasteiger partial charge in [-0.15, -0.1) is 0 Å². The molecule has 8 nitrogen and oxygen atoms in total. The standard InChI is InChI=1S/C37H40N4O4/c1-10-24-20(3)28-16-29-22(5)26(12-14-36(42)44-8)33(40-29)19-35-27(13-15-37(43)45-9)23(6)34(41(35)7)18-32-25(11-2)21(4)30(39-32)17-31(24)38-28/h10-11,16-19,38H,1-2,12-15H2,3-9H3. The molecule has 0 saturated carbocycles. The zero-order valence-electron chi connectivity index (χ0n) is 27.2. The van der Waals surface area contributed by atoms with Gasteiger partial charge in [0.2, 0.25) is 0 Å². The summed E-state index contributed by atoms with van der Waals surface area (Å²) < 4.78 is 12.1. The first-order valence-electron chi connectivity index (χ1n) is 15.0. The number of rotatable bonds is 8. The van der Waals surface area contributed by atoms with Crippen molar-refractivity contribution < 1.29 is 19.1 Å². The summed E-state index contributed by atoms with van der Waals surface area (Å²) >= 11 is 0. The molecule has 2 aliphatic heterocycles. The molecule has 5 rings (SSSR count). The van der Waals surface area contributed by atoms with E-state index in [-0.39, 0.29) is 24.8 Å². The predicted molar refractivity (Wildman–Crippen MR) is 182 cm³/mol. The number of esters is 2. The number of ether oxygens (including phenoxy) is 2. The van der Waals surface area contributed by atoms with Crippen molar-refractivity contribution in [1.82, 2.24) is 19.5 Å². The van der Waals surface area contributed by atoms with E-state index in [4.69, 9.17) is 19.4 Å². The molecule has 5 heterocycles. The lowest BCUT2D eigenvalue weighted by atomic mass is 10.00. The van der Waals surface area contributed by atoms with Gasteiger partial charge >= 0.3 is 11.9 Å². The molecule has 1 N–H and O–H groups in total. The highest BCUT2D eigenvalue weighted by Crippen LogP contribution is 2.37. The van der Waals surface area contributed by atoms with Gasteiger partial charge in [-0.25, -0.2) is 9.97 Å². The minimum Gasteiger partial charge on any atom is -0.469 e. The second kappa shape index (κ2) is 12.6. The van der Waals surface area contributed by atoms with Crippen molar-refractivity contribution in [2.75, 3.05) is 14.2 Å². The van der Waals surface area contributed by atoms with Crippen LogP contribution in [0.4, 0.5) is 0 Å². The Kier molecular flexibility index (Phi) is 8.77. The van der Waals surface area contributed by atoms with E-state index < -0.39 is 0 Å². The number of fused-ring (bicyclic) bond motifs is 8. The normalized spacial score (nSPS) is 12.9. The average Bonchev–Trinajstić information content (AvgIpc) is 3.67. The van der Waals surface area contributed by atoms with E-state index in [9.17, 15) is 9.59 Å². The second-order valence-corrected chi connectivity index (χ2v) is 11.5. The fourth-order valence-corrected chi connectivity index (χ4v) is 6.32. The molecule has 0 amide bonds. The van der Waals surface area contributed by atoms with Gasteiger partial charge in [0.1, 0.15) is 0 Å². The van der Waals surface area contributed by atoms with Crippen molar-refractivity contribution >= 4 is 62.4 Å². The minimum atomic E-state index is -0.276. The van der Waals surface area contributed by atoms with Gasteiger partial charge in [-0.3, -0.25) is 9.59 Å². The van der Waals surface area contributed by atoms with Gasteiger partial charge in [-0.05, 0) is 98.2 Å². The summed E-state index contributed by atoms with van der Waals surface area (Å²) in [5.74, 6) is -0.547. The first-order valence-corrected chi connectivity index (χ1v) is 15.0. The predicted octanol–water partition coefficient (Wildman–Crippen LogP) is 7.69. The van der Waals surface area contributed by atoms with E-state index in [1.165, 1.54) is 14.2 Å². The first-order chi connectivity index (χ1) is 21.5. The quantitative estimate of drug-likeness (QED) is 0.265. The van der Waals surface area contributed by atoms with Crippen LogP contribution >= 0.6 is 0 Å². The molecular formula is C37H40N4O4. The zero-order chi connectivity index (χ0) is 32.6. The third kappa shape index (κ3) is 5.68. The number of aromatic amines is 1. The molecule has 8 heteroatoms. The molecule has 0 spiro atoms. The Labute approximate surface area is 263 Å². The van der Waals surface area contributed by atoms with E-state index in [0.717, 1.165) is 89.4 Å². The van der Waals surface area contributed by atoms with Crippen LogP contribution in [-0.2, 0) is 32.5 Å². The Bertz CT molecular complexity index is 2000. The Morgan fingerprint density at radius 2 is 1.38 bits per heavy atom. The number of carbonyl (C=O) groups excluding carboxylic acids is 2. The van der Waals surface area contributed by atoms with Crippen molar-refractivity contribution in [2.45, 2.75) is 53.4 Å². The number of nitrogens with one attached hydrogen (secondary N) is 1. The van der Waals surface area contributed by atoms with E-state index in [1.807, 2.05) is 26.1 Å². The zero-order valence-corrected chi connectivity index (χ0v) is 27.2. The molecule has 8 bridgehead atoms. The van der Waals surface area contributed by atoms with Crippen molar-refractivity contribution in [3.05, 3.63) is 88.5 Å². The fourth-order valence-electron chi connectivity index (χ4n) is 6.32. The summed E-state index contributed by atoms with van der Waals surface area (Å²) in [4.78, 5) is 38.2. The average molecular weight is 605 g/mol. The molecule has 0 aliphatic carbocycles. The molecule has 0 radical (unpaired) electrons. The summed E-state index contributed by atoms with van der Waals surface area (Å²) in [7, 11) is 4.82. The van der Waals surface area contributed by atoms with Crippen LogP contribution < -0.4 is 0 Å². The van der Waals surface area contributed by atoms with Crippen LogP contribution in [0.1, 0.15) is 78.1 Å². The topological polar surface area (TPSA) is 99.1 Å². The van der Waals surface area contributed by atoms with Gasteiger partial charge in [-0.2, -0.15) is 0 Å². The van der Waals surface area contributed by atoms with Crippen LogP contribution in [0, 0.1) is 13.8 Å². The SMILES string of the molecule is C=CC1=C(C)c2cc3[nH]c(cc4nc(cc5c(CCC(=O)OC)c(C)c(cc1n2)n5C)C(CCC(=O)OC)=C4C)c(C)c3C=C. The molecule has 2 aliphatic rings. The summed E-state index contributed by atoms with van der Waals surface area (Å²) in [6, 6.07) is 8.27. The van der Waals surface area contributed by atoms with Gasteiger partial charge in [0, 0.05) is 53.1 Å².